The Kier molecular flexibility index (Phi) is 6.31. The summed E-state index contributed by atoms with van der Waals surface area (Å²) < 4.78 is 26.1. The van der Waals surface area contributed by atoms with Crippen LogP contribution in [0.3, 0.4) is 0 Å². The van der Waals surface area contributed by atoms with Crippen molar-refractivity contribution in [1.82, 2.24) is 9.88 Å². The number of benzene rings is 3. The van der Waals surface area contributed by atoms with Crippen LogP contribution in [0.15, 0.2) is 59.6 Å². The van der Waals surface area contributed by atoms with Crippen LogP contribution < -0.4 is 9.47 Å². The van der Waals surface area contributed by atoms with Gasteiger partial charge in [-0.3, -0.25) is 9.79 Å². The normalized spacial score (nSPS) is 16.5. The minimum Gasteiger partial charge on any atom is -0.490 e. The average Bonchev–Trinajstić information content (AvgIpc) is 3.54. The molecule has 1 fully saturated rings. The second-order valence-corrected chi connectivity index (χ2v) is 10.0. The molecule has 1 N–H and O–H groups in total. The second-order valence-electron chi connectivity index (χ2n) is 8.97. The number of rotatable bonds is 7. The minimum atomic E-state index is -0.297. The van der Waals surface area contributed by atoms with E-state index in [9.17, 15) is 14.3 Å². The number of aliphatic imine (C=N–C) groups is 1. The number of aliphatic hydroxyl groups is 1. The number of hydrogen-bond donors (Lipinski definition) is 1. The van der Waals surface area contributed by atoms with Crippen LogP contribution >= 0.6 is 11.3 Å². The lowest BCUT2D eigenvalue weighted by Crippen LogP contribution is -2.35. The summed E-state index contributed by atoms with van der Waals surface area (Å²) >= 11 is 1.51. The van der Waals surface area contributed by atoms with E-state index in [1.807, 2.05) is 35.4 Å². The maximum Gasteiger partial charge on any atom is 0.256 e. The summed E-state index contributed by atoms with van der Waals surface area (Å²) in [5, 5.41) is 10.7. The Morgan fingerprint density at radius 2 is 1.92 bits per heavy atom. The van der Waals surface area contributed by atoms with Crippen LogP contribution in [0.4, 0.5) is 10.1 Å². The number of carbonyl (C=O) groups excluding carboxylic acids is 1. The van der Waals surface area contributed by atoms with Crippen molar-refractivity contribution >= 4 is 39.4 Å². The van der Waals surface area contributed by atoms with Gasteiger partial charge in [0.15, 0.2) is 0 Å². The van der Waals surface area contributed by atoms with Gasteiger partial charge in [0.2, 0.25) is 0 Å². The van der Waals surface area contributed by atoms with E-state index >= 15 is 0 Å². The lowest BCUT2D eigenvalue weighted by Gasteiger charge is -2.20. The average molecular weight is 518 g/mol. The van der Waals surface area contributed by atoms with Gasteiger partial charge in [0.05, 0.1) is 34.1 Å². The van der Waals surface area contributed by atoms with E-state index < -0.39 is 0 Å². The first-order valence-corrected chi connectivity index (χ1v) is 13.0. The lowest BCUT2D eigenvalue weighted by molar-refractivity contribution is 0.0774. The number of amides is 1. The summed E-state index contributed by atoms with van der Waals surface area (Å²) in [6.45, 7) is 1.02. The van der Waals surface area contributed by atoms with E-state index in [0.717, 1.165) is 34.7 Å². The number of fused-ring (bicyclic) bond motifs is 3. The van der Waals surface area contributed by atoms with Gasteiger partial charge in [0.1, 0.15) is 35.5 Å². The van der Waals surface area contributed by atoms with Crippen LogP contribution in [0.5, 0.6) is 11.5 Å². The van der Waals surface area contributed by atoms with Crippen molar-refractivity contribution in [1.29, 1.82) is 0 Å². The number of halogens is 1. The van der Waals surface area contributed by atoms with Gasteiger partial charge in [0.25, 0.3) is 5.91 Å². The monoisotopic (exact) mass is 517 g/mol. The largest absolute Gasteiger partial charge is 0.490 e. The fourth-order valence-electron chi connectivity index (χ4n) is 4.70. The van der Waals surface area contributed by atoms with Gasteiger partial charge in [-0.15, -0.1) is 11.3 Å². The third-order valence-corrected chi connectivity index (χ3v) is 7.67. The molecule has 2 aliphatic heterocycles. The molecule has 7 nitrogen and oxygen atoms in total. The second kappa shape index (κ2) is 9.91. The van der Waals surface area contributed by atoms with Gasteiger partial charge >= 0.3 is 0 Å². The number of nitrogens with zero attached hydrogens (tertiary/aromatic N) is 3. The molecule has 0 bridgehead atoms. The fourth-order valence-corrected chi connectivity index (χ4v) is 5.65. The van der Waals surface area contributed by atoms with Crippen LogP contribution in [0.25, 0.3) is 20.8 Å². The van der Waals surface area contributed by atoms with Crippen molar-refractivity contribution < 1.29 is 23.8 Å². The number of thiazole rings is 1. The van der Waals surface area contributed by atoms with Crippen molar-refractivity contribution in [3.8, 4) is 22.1 Å². The van der Waals surface area contributed by atoms with Crippen molar-refractivity contribution in [2.75, 3.05) is 19.8 Å². The highest BCUT2D eigenvalue weighted by Crippen LogP contribution is 2.35. The third-order valence-electron chi connectivity index (χ3n) is 6.59. The standard InChI is InChI=1S/C28H24FN3O4S/c29-19-5-8-26-24(13-19)31-27(37-26)17-3-6-21(7-4-17)35-10-11-36-25-14-23-22(12-18(25)16-33)28(34)32-9-1-2-20(32)15-30-23/h3-8,12-15,20,33H,1-2,9-11,16H2/t20-/m0/s1. The van der Waals surface area contributed by atoms with E-state index in [0.29, 0.717) is 40.4 Å². The van der Waals surface area contributed by atoms with Gasteiger partial charge in [-0.2, -0.15) is 0 Å². The first kappa shape index (κ1) is 23.6. The van der Waals surface area contributed by atoms with E-state index in [1.54, 1.807) is 18.2 Å². The van der Waals surface area contributed by atoms with Crippen molar-refractivity contribution in [2.24, 2.45) is 4.99 Å². The molecule has 6 rings (SSSR count). The van der Waals surface area contributed by atoms with Crippen LogP contribution in [0.1, 0.15) is 28.8 Å². The number of hydrogen-bond acceptors (Lipinski definition) is 7. The zero-order chi connectivity index (χ0) is 25.4. The Bertz CT molecular complexity index is 1500. The molecule has 0 spiro atoms. The van der Waals surface area contributed by atoms with Crippen molar-refractivity contribution in [3.05, 3.63) is 71.5 Å². The molecule has 3 aromatic carbocycles. The van der Waals surface area contributed by atoms with Gasteiger partial charge in [-0.1, -0.05) is 0 Å². The number of aromatic nitrogens is 1. The molecule has 1 atom stereocenters. The molecule has 3 heterocycles. The SMILES string of the molecule is O=C1c2cc(CO)c(OCCOc3ccc(-c4nc5cc(F)ccc5s4)cc3)cc2N=C[C@@H]2CCCN12. The Morgan fingerprint density at radius 3 is 2.76 bits per heavy atom. The third kappa shape index (κ3) is 4.68. The summed E-state index contributed by atoms with van der Waals surface area (Å²) in [6, 6.07) is 15.6. The zero-order valence-corrected chi connectivity index (χ0v) is 20.7. The molecule has 0 radical (unpaired) electrons. The summed E-state index contributed by atoms with van der Waals surface area (Å²) in [4.78, 5) is 23.9. The minimum absolute atomic E-state index is 0.0271. The Balaban J connectivity index is 1.09. The summed E-state index contributed by atoms with van der Waals surface area (Å²) in [5.74, 6) is 0.814. The molecular formula is C28H24FN3O4S. The molecule has 0 aliphatic carbocycles. The number of ether oxygens (including phenoxy) is 2. The van der Waals surface area contributed by atoms with Crippen LogP contribution in [0, 0.1) is 5.82 Å². The van der Waals surface area contributed by atoms with E-state index in [1.165, 1.54) is 23.5 Å². The molecule has 0 unspecified atom stereocenters. The van der Waals surface area contributed by atoms with Crippen LogP contribution in [-0.4, -0.2) is 52.9 Å². The molecule has 9 heteroatoms. The summed E-state index contributed by atoms with van der Waals surface area (Å²) in [5.41, 5.74) is 3.17. The van der Waals surface area contributed by atoms with E-state index in [4.69, 9.17) is 9.47 Å². The van der Waals surface area contributed by atoms with Crippen molar-refractivity contribution in [3.63, 3.8) is 0 Å². The van der Waals surface area contributed by atoms with E-state index in [-0.39, 0.29) is 31.0 Å². The summed E-state index contributed by atoms with van der Waals surface area (Å²) in [7, 11) is 0. The smallest absolute Gasteiger partial charge is 0.256 e. The first-order valence-electron chi connectivity index (χ1n) is 12.1. The van der Waals surface area contributed by atoms with Crippen LogP contribution in [-0.2, 0) is 6.61 Å². The Hall–Kier alpha value is -3.82. The molecule has 1 amide bonds. The quantitative estimate of drug-likeness (QED) is 0.333. The predicted octanol–water partition coefficient (Wildman–Crippen LogP) is 5.37. The van der Waals surface area contributed by atoms with Gasteiger partial charge < -0.3 is 19.5 Å². The molecule has 0 saturated carbocycles. The Morgan fingerprint density at radius 1 is 1.08 bits per heavy atom. The van der Waals surface area contributed by atoms with Gasteiger partial charge in [-0.05, 0) is 55.3 Å². The van der Waals surface area contributed by atoms with Crippen molar-refractivity contribution in [2.45, 2.75) is 25.5 Å². The molecule has 1 saturated heterocycles. The summed E-state index contributed by atoms with van der Waals surface area (Å²) in [6.07, 6.45) is 3.72. The molecular weight excluding hydrogens is 493 g/mol. The van der Waals surface area contributed by atoms with Crippen LogP contribution in [0.2, 0.25) is 0 Å². The number of carbonyl (C=O) groups is 1. The molecule has 37 heavy (non-hydrogen) atoms. The first-order chi connectivity index (χ1) is 18.1. The molecule has 188 valence electrons. The van der Waals surface area contributed by atoms with Gasteiger partial charge in [-0.25, -0.2) is 9.37 Å². The highest BCUT2D eigenvalue weighted by molar-refractivity contribution is 7.21. The van der Waals surface area contributed by atoms with E-state index in [2.05, 4.69) is 9.98 Å². The Labute approximate surface area is 216 Å². The maximum absolute atomic E-state index is 13.5. The predicted molar refractivity (Wildman–Crippen MR) is 141 cm³/mol. The zero-order valence-electron chi connectivity index (χ0n) is 19.9. The highest BCUT2D eigenvalue weighted by Gasteiger charge is 2.32. The maximum atomic E-state index is 13.5. The lowest BCUT2D eigenvalue weighted by atomic mass is 10.1. The van der Waals surface area contributed by atoms with Gasteiger partial charge in [0, 0.05) is 36.0 Å². The molecule has 2 aliphatic rings. The topological polar surface area (TPSA) is 84.2 Å². The molecule has 4 aromatic rings. The number of aliphatic hydroxyl groups excluding tert-OH is 1. The molecule has 1 aromatic heterocycles. The highest BCUT2D eigenvalue weighted by atomic mass is 32.1. The fraction of sp³-hybridized carbons (Fsp3) is 0.250.